The molecule has 0 aromatic heterocycles. The summed E-state index contributed by atoms with van der Waals surface area (Å²) in [5, 5.41) is 10.6. The summed E-state index contributed by atoms with van der Waals surface area (Å²) in [4.78, 5) is 10.2. The van der Waals surface area contributed by atoms with Crippen LogP contribution in [0.25, 0.3) is 0 Å². The molecule has 1 atom stereocenters. The Morgan fingerprint density at radius 2 is 1.88 bits per heavy atom. The third-order valence-electron chi connectivity index (χ3n) is 3.20. The summed E-state index contributed by atoms with van der Waals surface area (Å²) in [7, 11) is 0. The normalized spacial score (nSPS) is 20.5. The minimum Gasteiger partial charge on any atom is -0.369 e. The van der Waals surface area contributed by atoms with Gasteiger partial charge in [-0.2, -0.15) is 0 Å². The topological polar surface area (TPSA) is 52.4 Å². The van der Waals surface area contributed by atoms with Crippen molar-refractivity contribution in [2.45, 2.75) is 26.4 Å². The van der Waals surface area contributed by atoms with E-state index in [4.69, 9.17) is 4.74 Å². The molecule has 90 valence electrons. The summed E-state index contributed by atoms with van der Waals surface area (Å²) in [6.45, 7) is 4.82. The highest BCUT2D eigenvalue weighted by molar-refractivity contribution is 5.34. The summed E-state index contributed by atoms with van der Waals surface area (Å²) < 4.78 is 5.72. The Kier molecular flexibility index (Phi) is 3.24. The number of ether oxygens (including phenoxy) is 1. The lowest BCUT2D eigenvalue weighted by Crippen LogP contribution is -2.13. The van der Waals surface area contributed by atoms with Gasteiger partial charge < -0.3 is 4.74 Å². The fourth-order valence-corrected chi connectivity index (χ4v) is 1.88. The highest BCUT2D eigenvalue weighted by atomic mass is 16.6. The Hall–Kier alpha value is -1.68. The molecule has 1 aromatic rings. The van der Waals surface area contributed by atoms with Crippen molar-refractivity contribution in [1.82, 2.24) is 0 Å². The second kappa shape index (κ2) is 4.67. The van der Waals surface area contributed by atoms with Gasteiger partial charge in [-0.15, -0.1) is 0 Å². The minimum atomic E-state index is -0.388. The molecule has 17 heavy (non-hydrogen) atoms. The smallest absolute Gasteiger partial charge is 0.269 e. The van der Waals surface area contributed by atoms with E-state index in [0.717, 1.165) is 12.0 Å². The summed E-state index contributed by atoms with van der Waals surface area (Å²) in [6, 6.07) is 6.60. The van der Waals surface area contributed by atoms with Crippen molar-refractivity contribution < 1.29 is 9.66 Å². The molecule has 0 saturated carbocycles. The van der Waals surface area contributed by atoms with E-state index in [0.29, 0.717) is 6.61 Å². The lowest BCUT2D eigenvalue weighted by atomic mass is 9.97. The average Bonchev–Trinajstić information content (AvgIpc) is 2.33. The minimum absolute atomic E-state index is 0.0273. The maximum atomic E-state index is 10.6. The van der Waals surface area contributed by atoms with Crippen LogP contribution in [0.2, 0.25) is 0 Å². The largest absolute Gasteiger partial charge is 0.369 e. The molecule has 4 nitrogen and oxygen atoms in total. The van der Waals surface area contributed by atoms with Gasteiger partial charge in [0, 0.05) is 12.1 Å². The van der Waals surface area contributed by atoms with E-state index in [9.17, 15) is 10.1 Å². The highest BCUT2D eigenvalue weighted by Crippen LogP contribution is 2.31. The molecular weight excluding hydrogens is 218 g/mol. The molecule has 0 saturated heterocycles. The van der Waals surface area contributed by atoms with E-state index in [1.165, 1.54) is 23.3 Å². The molecule has 1 heterocycles. The zero-order chi connectivity index (χ0) is 12.4. The van der Waals surface area contributed by atoms with Crippen LogP contribution in [0.15, 0.2) is 35.4 Å². The molecule has 0 radical (unpaired) electrons. The van der Waals surface area contributed by atoms with Crippen molar-refractivity contribution in [2.75, 3.05) is 6.61 Å². The molecule has 1 aliphatic rings. The number of benzene rings is 1. The van der Waals surface area contributed by atoms with Crippen LogP contribution in [0.3, 0.4) is 0 Å². The molecule has 1 aliphatic heterocycles. The van der Waals surface area contributed by atoms with Crippen molar-refractivity contribution >= 4 is 5.69 Å². The number of hydrogen-bond donors (Lipinski definition) is 0. The number of rotatable bonds is 2. The zero-order valence-electron chi connectivity index (χ0n) is 9.97. The van der Waals surface area contributed by atoms with Crippen LogP contribution >= 0.6 is 0 Å². The predicted octanol–water partition coefficient (Wildman–Crippen LogP) is 3.39. The van der Waals surface area contributed by atoms with Crippen LogP contribution in [0.4, 0.5) is 5.69 Å². The summed E-state index contributed by atoms with van der Waals surface area (Å²) in [5.74, 6) is 0. The van der Waals surface area contributed by atoms with Crippen molar-refractivity contribution in [1.29, 1.82) is 0 Å². The Balaban J connectivity index is 2.16. The van der Waals surface area contributed by atoms with Gasteiger partial charge in [-0.25, -0.2) is 0 Å². The van der Waals surface area contributed by atoms with Crippen LogP contribution in [-0.2, 0) is 4.74 Å². The monoisotopic (exact) mass is 233 g/mol. The van der Waals surface area contributed by atoms with E-state index in [-0.39, 0.29) is 16.7 Å². The van der Waals surface area contributed by atoms with E-state index in [2.05, 4.69) is 13.8 Å². The first kappa shape index (κ1) is 11.8. The van der Waals surface area contributed by atoms with Crippen molar-refractivity contribution in [3.63, 3.8) is 0 Å². The molecule has 0 bridgehead atoms. The van der Waals surface area contributed by atoms with Gasteiger partial charge >= 0.3 is 0 Å². The Labute approximate surface area is 100 Å². The maximum absolute atomic E-state index is 10.6. The highest BCUT2D eigenvalue weighted by Gasteiger charge is 2.19. The third-order valence-corrected chi connectivity index (χ3v) is 3.20. The van der Waals surface area contributed by atoms with E-state index in [1.54, 1.807) is 12.1 Å². The average molecular weight is 233 g/mol. The number of non-ortho nitro benzene ring substituents is 1. The summed E-state index contributed by atoms with van der Waals surface area (Å²) >= 11 is 0. The first-order chi connectivity index (χ1) is 8.08. The molecule has 0 spiro atoms. The molecule has 0 amide bonds. The van der Waals surface area contributed by atoms with Crippen LogP contribution in [0.5, 0.6) is 0 Å². The van der Waals surface area contributed by atoms with E-state index >= 15 is 0 Å². The Bertz CT molecular complexity index is 462. The second-order valence-electron chi connectivity index (χ2n) is 4.41. The van der Waals surface area contributed by atoms with Crippen LogP contribution < -0.4 is 0 Å². The SMILES string of the molecule is CC1=C(C)CC(c2ccc([N+](=O)[O-])cc2)OC1. The molecule has 1 unspecified atom stereocenters. The van der Waals surface area contributed by atoms with Crippen molar-refractivity contribution in [2.24, 2.45) is 0 Å². The van der Waals surface area contributed by atoms with Crippen LogP contribution in [0, 0.1) is 10.1 Å². The standard InChI is InChI=1S/C13H15NO3/c1-9-7-13(17-8-10(9)2)11-3-5-12(6-4-11)14(15)16/h3-6,13H,7-8H2,1-2H3. The quantitative estimate of drug-likeness (QED) is 0.447. The van der Waals surface area contributed by atoms with Crippen LogP contribution in [-0.4, -0.2) is 11.5 Å². The third kappa shape index (κ3) is 2.53. The van der Waals surface area contributed by atoms with Gasteiger partial charge in [0.1, 0.15) is 0 Å². The maximum Gasteiger partial charge on any atom is 0.269 e. The number of nitro benzene ring substituents is 1. The molecule has 2 rings (SSSR count). The Morgan fingerprint density at radius 1 is 1.24 bits per heavy atom. The van der Waals surface area contributed by atoms with Gasteiger partial charge in [0.25, 0.3) is 5.69 Å². The van der Waals surface area contributed by atoms with Crippen molar-refractivity contribution in [3.8, 4) is 0 Å². The predicted molar refractivity (Wildman–Crippen MR) is 64.8 cm³/mol. The molecular formula is C13H15NO3. The molecule has 0 aliphatic carbocycles. The number of hydrogen-bond acceptors (Lipinski definition) is 3. The van der Waals surface area contributed by atoms with E-state index in [1.807, 2.05) is 0 Å². The fraction of sp³-hybridized carbons (Fsp3) is 0.385. The van der Waals surface area contributed by atoms with Crippen molar-refractivity contribution in [3.05, 3.63) is 51.1 Å². The van der Waals surface area contributed by atoms with Crippen LogP contribution in [0.1, 0.15) is 31.9 Å². The van der Waals surface area contributed by atoms with Gasteiger partial charge in [0.2, 0.25) is 0 Å². The Morgan fingerprint density at radius 3 is 2.41 bits per heavy atom. The van der Waals surface area contributed by atoms with Gasteiger partial charge in [0.15, 0.2) is 0 Å². The second-order valence-corrected chi connectivity index (χ2v) is 4.41. The van der Waals surface area contributed by atoms with Gasteiger partial charge in [-0.1, -0.05) is 5.57 Å². The van der Waals surface area contributed by atoms with Gasteiger partial charge in [-0.05, 0) is 43.5 Å². The molecule has 0 fully saturated rings. The lowest BCUT2D eigenvalue weighted by Gasteiger charge is -2.25. The van der Waals surface area contributed by atoms with Gasteiger partial charge in [0.05, 0.1) is 17.6 Å². The first-order valence-electron chi connectivity index (χ1n) is 5.59. The number of nitrogens with zero attached hydrogens (tertiary/aromatic N) is 1. The molecule has 4 heteroatoms. The zero-order valence-corrected chi connectivity index (χ0v) is 9.97. The first-order valence-corrected chi connectivity index (χ1v) is 5.59. The fourth-order valence-electron chi connectivity index (χ4n) is 1.88. The summed E-state index contributed by atoms with van der Waals surface area (Å²) in [5.41, 5.74) is 3.75. The van der Waals surface area contributed by atoms with Gasteiger partial charge in [-0.3, -0.25) is 10.1 Å². The molecule has 1 aromatic carbocycles. The lowest BCUT2D eigenvalue weighted by molar-refractivity contribution is -0.384. The molecule has 0 N–H and O–H groups in total. The number of nitro groups is 1. The van der Waals surface area contributed by atoms with E-state index < -0.39 is 0 Å². The summed E-state index contributed by atoms with van der Waals surface area (Å²) in [6.07, 6.45) is 0.892.